The van der Waals surface area contributed by atoms with Crippen LogP contribution in [0.25, 0.3) is 0 Å². The summed E-state index contributed by atoms with van der Waals surface area (Å²) in [6.45, 7) is 5.06. The van der Waals surface area contributed by atoms with E-state index in [2.05, 4.69) is 57.9 Å². The summed E-state index contributed by atoms with van der Waals surface area (Å²) in [7, 11) is 0. The third-order valence-electron chi connectivity index (χ3n) is 4.64. The molecule has 3 rings (SSSR count). The van der Waals surface area contributed by atoms with E-state index < -0.39 is 0 Å². The van der Waals surface area contributed by atoms with Gasteiger partial charge in [0.25, 0.3) is 0 Å². The Morgan fingerprint density at radius 2 is 1.96 bits per heavy atom. The van der Waals surface area contributed by atoms with Crippen molar-refractivity contribution in [1.29, 1.82) is 0 Å². The Kier molecular flexibility index (Phi) is 6.04. The summed E-state index contributed by atoms with van der Waals surface area (Å²) in [6.07, 6.45) is 8.69. The van der Waals surface area contributed by atoms with E-state index in [0.717, 1.165) is 24.5 Å². The summed E-state index contributed by atoms with van der Waals surface area (Å²) in [6, 6.07) is 12.5. The standard InChI is InChI=1S/C21H28N4/c1-16-15-20(22-14-13-18-9-5-3-6-10-18)25-21(23-16)24-17(2)19-11-7-4-8-12-19/h4,7-9,11-12,15,17H,3,5-6,10,13-14H2,1-2H3,(H2,22,23,24,25). The molecule has 0 amide bonds. The van der Waals surface area contributed by atoms with Crippen molar-refractivity contribution in [3.8, 4) is 0 Å². The molecule has 0 spiro atoms. The van der Waals surface area contributed by atoms with E-state index in [1.807, 2.05) is 19.1 Å². The van der Waals surface area contributed by atoms with Crippen molar-refractivity contribution in [1.82, 2.24) is 9.97 Å². The molecular weight excluding hydrogens is 308 g/mol. The van der Waals surface area contributed by atoms with Crippen molar-refractivity contribution < 1.29 is 0 Å². The zero-order chi connectivity index (χ0) is 17.5. The summed E-state index contributed by atoms with van der Waals surface area (Å²) in [5.41, 5.74) is 3.78. The first-order chi connectivity index (χ1) is 12.2. The molecule has 0 aliphatic heterocycles. The highest BCUT2D eigenvalue weighted by atomic mass is 15.2. The number of nitrogens with zero attached hydrogens (tertiary/aromatic N) is 2. The normalized spacial score (nSPS) is 15.4. The van der Waals surface area contributed by atoms with Gasteiger partial charge in [0.15, 0.2) is 0 Å². The SMILES string of the molecule is Cc1cc(NCCC2=CCCCC2)nc(NC(C)c2ccccc2)n1. The van der Waals surface area contributed by atoms with Gasteiger partial charge in [0.05, 0.1) is 6.04 Å². The average Bonchev–Trinajstić information content (AvgIpc) is 2.63. The van der Waals surface area contributed by atoms with Crippen molar-refractivity contribution in [2.45, 2.75) is 52.0 Å². The molecule has 4 heteroatoms. The second-order valence-electron chi connectivity index (χ2n) is 6.78. The van der Waals surface area contributed by atoms with Crippen LogP contribution >= 0.6 is 0 Å². The van der Waals surface area contributed by atoms with Crippen LogP contribution in [0.5, 0.6) is 0 Å². The Hall–Kier alpha value is -2.36. The largest absolute Gasteiger partial charge is 0.370 e. The highest BCUT2D eigenvalue weighted by molar-refractivity contribution is 5.43. The van der Waals surface area contributed by atoms with Crippen LogP contribution in [0.1, 0.15) is 56.3 Å². The Morgan fingerprint density at radius 3 is 2.72 bits per heavy atom. The van der Waals surface area contributed by atoms with Crippen LogP contribution in [0, 0.1) is 6.92 Å². The van der Waals surface area contributed by atoms with Crippen LogP contribution in [0.4, 0.5) is 11.8 Å². The monoisotopic (exact) mass is 336 g/mol. The maximum atomic E-state index is 4.63. The lowest BCUT2D eigenvalue weighted by Crippen LogP contribution is -2.12. The van der Waals surface area contributed by atoms with Gasteiger partial charge in [-0.25, -0.2) is 4.98 Å². The molecule has 25 heavy (non-hydrogen) atoms. The van der Waals surface area contributed by atoms with E-state index in [9.17, 15) is 0 Å². The van der Waals surface area contributed by atoms with E-state index in [0.29, 0.717) is 5.95 Å². The van der Waals surface area contributed by atoms with Gasteiger partial charge in [0.2, 0.25) is 5.95 Å². The molecule has 0 bridgehead atoms. The molecule has 1 aromatic heterocycles. The van der Waals surface area contributed by atoms with Gasteiger partial charge in [-0.05, 0) is 51.5 Å². The Balaban J connectivity index is 1.59. The topological polar surface area (TPSA) is 49.8 Å². The fourth-order valence-corrected chi connectivity index (χ4v) is 3.23. The summed E-state index contributed by atoms with van der Waals surface area (Å²) in [5, 5.41) is 6.86. The van der Waals surface area contributed by atoms with Gasteiger partial charge >= 0.3 is 0 Å². The molecule has 0 saturated heterocycles. The van der Waals surface area contributed by atoms with Gasteiger partial charge in [-0.15, -0.1) is 0 Å². The van der Waals surface area contributed by atoms with Crippen LogP contribution in [-0.2, 0) is 0 Å². The molecule has 0 saturated carbocycles. The fourth-order valence-electron chi connectivity index (χ4n) is 3.23. The molecule has 1 aliphatic carbocycles. The maximum Gasteiger partial charge on any atom is 0.225 e. The summed E-state index contributed by atoms with van der Waals surface area (Å²) in [4.78, 5) is 9.15. The van der Waals surface area contributed by atoms with Crippen molar-refractivity contribution >= 4 is 11.8 Å². The highest BCUT2D eigenvalue weighted by Gasteiger charge is 2.09. The predicted octanol–water partition coefficient (Wildman–Crippen LogP) is 5.26. The molecule has 1 aromatic carbocycles. The van der Waals surface area contributed by atoms with E-state index in [1.54, 1.807) is 5.57 Å². The molecule has 1 heterocycles. The minimum Gasteiger partial charge on any atom is -0.370 e. The van der Waals surface area contributed by atoms with Crippen molar-refractivity contribution in [3.05, 3.63) is 59.3 Å². The van der Waals surface area contributed by atoms with Crippen LogP contribution in [0.15, 0.2) is 48.0 Å². The van der Waals surface area contributed by atoms with Crippen LogP contribution in [-0.4, -0.2) is 16.5 Å². The number of rotatable bonds is 7. The molecule has 2 aromatic rings. The number of aromatic nitrogens is 2. The van der Waals surface area contributed by atoms with Gasteiger partial charge in [-0.3, -0.25) is 0 Å². The second kappa shape index (κ2) is 8.65. The maximum absolute atomic E-state index is 4.63. The Bertz CT molecular complexity index is 709. The molecule has 1 atom stereocenters. The molecule has 1 aliphatic rings. The van der Waals surface area contributed by atoms with E-state index in [4.69, 9.17) is 0 Å². The first kappa shape index (κ1) is 17.5. The zero-order valence-corrected chi connectivity index (χ0v) is 15.3. The number of nitrogens with one attached hydrogen (secondary N) is 2. The number of allylic oxidation sites excluding steroid dienone is 1. The second-order valence-corrected chi connectivity index (χ2v) is 6.78. The number of benzene rings is 1. The molecule has 4 nitrogen and oxygen atoms in total. The molecule has 1 unspecified atom stereocenters. The third kappa shape index (κ3) is 5.31. The van der Waals surface area contributed by atoms with Gasteiger partial charge < -0.3 is 10.6 Å². The minimum atomic E-state index is 0.170. The highest BCUT2D eigenvalue weighted by Crippen LogP contribution is 2.21. The van der Waals surface area contributed by atoms with Crippen LogP contribution in [0.3, 0.4) is 0 Å². The first-order valence-corrected chi connectivity index (χ1v) is 9.29. The average molecular weight is 336 g/mol. The summed E-state index contributed by atoms with van der Waals surface area (Å²) >= 11 is 0. The molecule has 0 fully saturated rings. The van der Waals surface area contributed by atoms with Gasteiger partial charge in [-0.2, -0.15) is 4.98 Å². The van der Waals surface area contributed by atoms with Crippen molar-refractivity contribution in [3.63, 3.8) is 0 Å². The smallest absolute Gasteiger partial charge is 0.225 e. The Morgan fingerprint density at radius 1 is 1.12 bits per heavy atom. The molecule has 2 N–H and O–H groups in total. The predicted molar refractivity (Wildman–Crippen MR) is 105 cm³/mol. The number of hydrogen-bond donors (Lipinski definition) is 2. The Labute approximate surface area is 150 Å². The zero-order valence-electron chi connectivity index (χ0n) is 15.3. The quantitative estimate of drug-likeness (QED) is 0.677. The van der Waals surface area contributed by atoms with Crippen molar-refractivity contribution in [2.75, 3.05) is 17.2 Å². The van der Waals surface area contributed by atoms with Crippen LogP contribution < -0.4 is 10.6 Å². The van der Waals surface area contributed by atoms with Gasteiger partial charge in [-0.1, -0.05) is 42.0 Å². The van der Waals surface area contributed by atoms with Gasteiger partial charge in [0, 0.05) is 18.3 Å². The number of aryl methyl sites for hydroxylation is 1. The summed E-state index contributed by atoms with van der Waals surface area (Å²) in [5.74, 6) is 1.57. The molecule has 0 radical (unpaired) electrons. The molecule has 132 valence electrons. The lowest BCUT2D eigenvalue weighted by molar-refractivity contribution is 0.679. The van der Waals surface area contributed by atoms with E-state index in [1.165, 1.54) is 31.2 Å². The number of anilines is 2. The third-order valence-corrected chi connectivity index (χ3v) is 4.64. The van der Waals surface area contributed by atoms with Gasteiger partial charge in [0.1, 0.15) is 5.82 Å². The number of hydrogen-bond acceptors (Lipinski definition) is 4. The van der Waals surface area contributed by atoms with Crippen molar-refractivity contribution in [2.24, 2.45) is 0 Å². The lowest BCUT2D eigenvalue weighted by atomic mass is 9.97. The van der Waals surface area contributed by atoms with E-state index >= 15 is 0 Å². The molecular formula is C21H28N4. The fraction of sp³-hybridized carbons (Fsp3) is 0.429. The first-order valence-electron chi connectivity index (χ1n) is 9.29. The van der Waals surface area contributed by atoms with Crippen LogP contribution in [0.2, 0.25) is 0 Å². The summed E-state index contributed by atoms with van der Waals surface area (Å²) < 4.78 is 0. The minimum absolute atomic E-state index is 0.170. The lowest BCUT2D eigenvalue weighted by Gasteiger charge is -2.16. The van der Waals surface area contributed by atoms with E-state index in [-0.39, 0.29) is 6.04 Å².